The second-order valence-corrected chi connectivity index (χ2v) is 7.80. The highest BCUT2D eigenvalue weighted by Gasteiger charge is 2.12. The number of benzene rings is 3. The number of carbonyl (C=O) groups is 1. The lowest BCUT2D eigenvalue weighted by molar-refractivity contribution is 0.0729. The molecule has 3 aromatic carbocycles. The summed E-state index contributed by atoms with van der Waals surface area (Å²) in [7, 11) is 1.52. The molecule has 0 saturated carbocycles. The number of nitrogens with zero attached hydrogens (tertiary/aromatic N) is 2. The molecule has 7 heteroatoms. The molecule has 0 saturated heterocycles. The first kappa shape index (κ1) is 21.3. The molecule has 6 nitrogen and oxygen atoms in total. The second-order valence-electron chi connectivity index (χ2n) is 6.94. The average molecular weight is 444 g/mol. The molecule has 4 rings (SSSR count). The van der Waals surface area contributed by atoms with Gasteiger partial charge < -0.3 is 9.47 Å². The van der Waals surface area contributed by atoms with Gasteiger partial charge in [0.1, 0.15) is 0 Å². The number of nitrogens with one attached hydrogen (secondary N) is 1. The van der Waals surface area contributed by atoms with Crippen LogP contribution < -0.4 is 14.9 Å². The SMILES string of the molecule is COc1cc(/C=N\Nc2nc(-c3ccc(C)cc3)cs2)ccc1OC(=O)c1ccccc1. The number of thiazole rings is 1. The third kappa shape index (κ3) is 5.19. The van der Waals surface area contributed by atoms with Crippen LogP contribution in [0.1, 0.15) is 21.5 Å². The van der Waals surface area contributed by atoms with Gasteiger partial charge in [-0.3, -0.25) is 5.43 Å². The Kier molecular flexibility index (Phi) is 6.57. The number of aromatic nitrogens is 1. The van der Waals surface area contributed by atoms with Crippen LogP contribution >= 0.6 is 11.3 Å². The first-order valence-electron chi connectivity index (χ1n) is 9.89. The molecule has 4 aromatic rings. The van der Waals surface area contributed by atoms with Crippen molar-refractivity contribution < 1.29 is 14.3 Å². The van der Waals surface area contributed by atoms with Crippen molar-refractivity contribution in [1.29, 1.82) is 0 Å². The number of hydrogen-bond donors (Lipinski definition) is 1. The third-order valence-electron chi connectivity index (χ3n) is 4.63. The Morgan fingerprint density at radius 2 is 1.81 bits per heavy atom. The van der Waals surface area contributed by atoms with Gasteiger partial charge in [0.15, 0.2) is 11.5 Å². The number of esters is 1. The molecule has 0 atom stereocenters. The fourth-order valence-electron chi connectivity index (χ4n) is 2.93. The molecule has 32 heavy (non-hydrogen) atoms. The lowest BCUT2D eigenvalue weighted by atomic mass is 10.1. The molecule has 0 amide bonds. The number of hydrogen-bond acceptors (Lipinski definition) is 7. The standard InChI is InChI=1S/C25H21N3O3S/c1-17-8-11-19(12-9-17)21-16-32-25(27-21)28-26-15-18-10-13-22(23(14-18)30-2)31-24(29)20-6-4-3-5-7-20/h3-16H,1-2H3,(H,27,28)/b26-15-. The Labute approximate surface area is 190 Å². The Hall–Kier alpha value is -3.97. The topological polar surface area (TPSA) is 72.8 Å². The lowest BCUT2D eigenvalue weighted by Crippen LogP contribution is -2.09. The van der Waals surface area contributed by atoms with Crippen molar-refractivity contribution in [2.45, 2.75) is 6.92 Å². The minimum Gasteiger partial charge on any atom is -0.493 e. The molecule has 0 spiro atoms. The van der Waals surface area contributed by atoms with Gasteiger partial charge in [-0.05, 0) is 42.8 Å². The van der Waals surface area contributed by atoms with Crippen LogP contribution in [0.3, 0.4) is 0 Å². The molecule has 0 aliphatic heterocycles. The van der Waals surface area contributed by atoms with E-state index in [0.29, 0.717) is 22.2 Å². The van der Waals surface area contributed by atoms with Gasteiger partial charge in [-0.25, -0.2) is 9.78 Å². The zero-order valence-corrected chi connectivity index (χ0v) is 18.4. The maximum atomic E-state index is 12.3. The fourth-order valence-corrected chi connectivity index (χ4v) is 3.59. The maximum Gasteiger partial charge on any atom is 0.343 e. The van der Waals surface area contributed by atoms with Crippen molar-refractivity contribution >= 4 is 28.7 Å². The maximum absolute atomic E-state index is 12.3. The summed E-state index contributed by atoms with van der Waals surface area (Å²) in [5, 5.41) is 6.94. The van der Waals surface area contributed by atoms with Gasteiger partial charge in [-0.15, -0.1) is 11.3 Å². The molecular formula is C25H21N3O3S. The zero-order chi connectivity index (χ0) is 22.3. The highest BCUT2D eigenvalue weighted by Crippen LogP contribution is 2.29. The molecule has 1 aromatic heterocycles. The van der Waals surface area contributed by atoms with Crippen molar-refractivity contribution in [3.63, 3.8) is 0 Å². The Bertz CT molecular complexity index is 1240. The van der Waals surface area contributed by atoms with E-state index >= 15 is 0 Å². The molecule has 0 unspecified atom stereocenters. The summed E-state index contributed by atoms with van der Waals surface area (Å²) in [6.07, 6.45) is 1.65. The number of methoxy groups -OCH3 is 1. The molecule has 0 bridgehead atoms. The van der Waals surface area contributed by atoms with E-state index in [2.05, 4.69) is 46.7 Å². The quantitative estimate of drug-likeness (QED) is 0.169. The van der Waals surface area contributed by atoms with Crippen LogP contribution in [0.2, 0.25) is 0 Å². The van der Waals surface area contributed by atoms with Crippen LogP contribution in [0.25, 0.3) is 11.3 Å². The van der Waals surface area contributed by atoms with Gasteiger partial charge in [0, 0.05) is 10.9 Å². The molecule has 0 aliphatic carbocycles. The molecule has 0 radical (unpaired) electrons. The van der Waals surface area contributed by atoms with Crippen LogP contribution in [0.5, 0.6) is 11.5 Å². The second kappa shape index (κ2) is 9.89. The summed E-state index contributed by atoms with van der Waals surface area (Å²) in [4.78, 5) is 16.9. The first-order valence-corrected chi connectivity index (χ1v) is 10.8. The predicted octanol–water partition coefficient (Wildman–Crippen LogP) is 5.79. The van der Waals surface area contributed by atoms with E-state index in [4.69, 9.17) is 9.47 Å². The van der Waals surface area contributed by atoms with E-state index in [-0.39, 0.29) is 0 Å². The fraction of sp³-hybridized carbons (Fsp3) is 0.0800. The third-order valence-corrected chi connectivity index (χ3v) is 5.37. The zero-order valence-electron chi connectivity index (χ0n) is 17.6. The van der Waals surface area contributed by atoms with Crippen molar-refractivity contribution in [1.82, 2.24) is 4.98 Å². The van der Waals surface area contributed by atoms with Gasteiger partial charge >= 0.3 is 5.97 Å². The molecule has 0 aliphatic rings. The molecule has 160 valence electrons. The normalized spacial score (nSPS) is 10.8. The number of carbonyl (C=O) groups excluding carboxylic acids is 1. The van der Waals surface area contributed by atoms with Crippen LogP contribution in [0.15, 0.2) is 83.3 Å². The van der Waals surface area contributed by atoms with E-state index < -0.39 is 5.97 Å². The number of rotatable bonds is 7. The molecule has 1 heterocycles. The van der Waals surface area contributed by atoms with E-state index in [1.165, 1.54) is 24.0 Å². The lowest BCUT2D eigenvalue weighted by Gasteiger charge is -2.09. The van der Waals surface area contributed by atoms with Gasteiger partial charge in [-0.1, -0.05) is 48.0 Å². The van der Waals surface area contributed by atoms with E-state index in [1.807, 2.05) is 11.4 Å². The highest BCUT2D eigenvalue weighted by molar-refractivity contribution is 7.14. The number of hydrazone groups is 1. The molecular weight excluding hydrogens is 422 g/mol. The summed E-state index contributed by atoms with van der Waals surface area (Å²) in [6, 6.07) is 22.3. The van der Waals surface area contributed by atoms with Crippen molar-refractivity contribution in [2.75, 3.05) is 12.5 Å². The van der Waals surface area contributed by atoms with E-state index in [0.717, 1.165) is 16.8 Å². The molecule has 0 fully saturated rings. The summed E-state index contributed by atoms with van der Waals surface area (Å²) in [5.74, 6) is 0.336. The Morgan fingerprint density at radius 1 is 1.03 bits per heavy atom. The van der Waals surface area contributed by atoms with Gasteiger partial charge in [0.05, 0.1) is 24.6 Å². The monoisotopic (exact) mass is 443 g/mol. The predicted molar refractivity (Wildman–Crippen MR) is 128 cm³/mol. The largest absolute Gasteiger partial charge is 0.493 e. The van der Waals surface area contributed by atoms with Crippen molar-refractivity contribution in [2.24, 2.45) is 5.10 Å². The number of aryl methyl sites for hydroxylation is 1. The van der Waals surface area contributed by atoms with Crippen molar-refractivity contribution in [3.8, 4) is 22.8 Å². The van der Waals surface area contributed by atoms with E-state index in [9.17, 15) is 4.79 Å². The first-order chi connectivity index (χ1) is 15.6. The van der Waals surface area contributed by atoms with Gasteiger partial charge in [0.2, 0.25) is 5.13 Å². The average Bonchev–Trinajstić information content (AvgIpc) is 3.30. The minimum atomic E-state index is -0.444. The highest BCUT2D eigenvalue weighted by atomic mass is 32.1. The summed E-state index contributed by atoms with van der Waals surface area (Å²) >= 11 is 1.48. The van der Waals surface area contributed by atoms with Crippen LogP contribution in [-0.4, -0.2) is 24.3 Å². The Morgan fingerprint density at radius 3 is 2.56 bits per heavy atom. The Balaban J connectivity index is 1.41. The van der Waals surface area contributed by atoms with Crippen LogP contribution in [-0.2, 0) is 0 Å². The smallest absolute Gasteiger partial charge is 0.343 e. The van der Waals surface area contributed by atoms with Crippen molar-refractivity contribution in [3.05, 3.63) is 94.9 Å². The number of ether oxygens (including phenoxy) is 2. The summed E-state index contributed by atoms with van der Waals surface area (Å²) < 4.78 is 10.8. The van der Waals surface area contributed by atoms with Crippen LogP contribution in [0.4, 0.5) is 5.13 Å². The summed E-state index contributed by atoms with van der Waals surface area (Å²) in [5.41, 5.74) is 7.38. The van der Waals surface area contributed by atoms with Gasteiger partial charge in [-0.2, -0.15) is 5.10 Å². The van der Waals surface area contributed by atoms with Gasteiger partial charge in [0.25, 0.3) is 0 Å². The molecule has 1 N–H and O–H groups in total. The van der Waals surface area contributed by atoms with Crippen LogP contribution in [0, 0.1) is 6.92 Å². The number of anilines is 1. The van der Waals surface area contributed by atoms with E-state index in [1.54, 1.807) is 48.7 Å². The minimum absolute atomic E-state index is 0.342. The summed E-state index contributed by atoms with van der Waals surface area (Å²) in [6.45, 7) is 2.06.